The zero-order chi connectivity index (χ0) is 22.8. The first-order valence-corrected chi connectivity index (χ1v) is 11.6. The molecule has 0 amide bonds. The summed E-state index contributed by atoms with van der Waals surface area (Å²) < 4.78 is 1.86. The summed E-state index contributed by atoms with van der Waals surface area (Å²) in [4.78, 5) is 12.7. The number of fused-ring (bicyclic) bond motifs is 1. The van der Waals surface area contributed by atoms with Gasteiger partial charge in [-0.25, -0.2) is 0 Å². The molecule has 1 aromatic heterocycles. The van der Waals surface area contributed by atoms with Crippen molar-refractivity contribution < 1.29 is 9.90 Å². The van der Waals surface area contributed by atoms with Crippen molar-refractivity contribution in [2.45, 2.75) is 5.16 Å². The molecule has 0 fully saturated rings. The number of ketones is 1. The molecule has 0 spiro atoms. The topological polar surface area (TPSA) is 68.0 Å². The molecule has 0 aliphatic rings. The summed E-state index contributed by atoms with van der Waals surface area (Å²) in [5.74, 6) is 0.781. The Bertz CT molecular complexity index is 1450. The Morgan fingerprint density at radius 3 is 2.27 bits per heavy atom. The van der Waals surface area contributed by atoms with Crippen LogP contribution >= 0.6 is 23.4 Å². The van der Waals surface area contributed by atoms with Gasteiger partial charge in [0.15, 0.2) is 16.8 Å². The number of Topliss-reactive ketones (excluding diaryl/α,β-unsaturated/α-hetero) is 1. The molecule has 5 aromatic rings. The van der Waals surface area contributed by atoms with Crippen molar-refractivity contribution in [2.75, 3.05) is 5.75 Å². The van der Waals surface area contributed by atoms with Crippen LogP contribution in [-0.4, -0.2) is 31.4 Å². The molecule has 162 valence electrons. The summed E-state index contributed by atoms with van der Waals surface area (Å²) in [5, 5.41) is 22.6. The van der Waals surface area contributed by atoms with E-state index in [-0.39, 0.29) is 17.3 Å². The molecule has 0 saturated heterocycles. The number of thioether (sulfide) groups is 1. The largest absolute Gasteiger partial charge is 0.507 e. The molecule has 4 aromatic carbocycles. The highest BCUT2D eigenvalue weighted by molar-refractivity contribution is 7.99. The fourth-order valence-electron chi connectivity index (χ4n) is 3.60. The molecule has 0 saturated carbocycles. The van der Waals surface area contributed by atoms with Crippen LogP contribution in [0.2, 0.25) is 5.02 Å². The van der Waals surface area contributed by atoms with Gasteiger partial charge in [-0.05, 0) is 59.3 Å². The first-order chi connectivity index (χ1) is 16.1. The van der Waals surface area contributed by atoms with Crippen molar-refractivity contribution in [1.29, 1.82) is 0 Å². The molecule has 7 heteroatoms. The fourth-order valence-corrected chi connectivity index (χ4v) is 4.58. The monoisotopic (exact) mass is 471 g/mol. The number of phenolic OH excluding ortho intramolecular Hbond substituents is 1. The summed E-state index contributed by atoms with van der Waals surface area (Å²) in [7, 11) is 0. The first kappa shape index (κ1) is 21.2. The highest BCUT2D eigenvalue weighted by Crippen LogP contribution is 2.35. The Hall–Kier alpha value is -3.61. The number of hydrogen-bond acceptors (Lipinski definition) is 5. The SMILES string of the molecule is O=C(CSc1nnc(-c2cc3ccccc3cc2O)n1-c1ccccc1)c1ccc(Cl)cc1. The standard InChI is InChI=1S/C26H18ClN3O2S/c27-20-12-10-17(11-13-20)24(32)16-33-26-29-28-25(30(26)21-8-2-1-3-9-21)22-14-18-6-4-5-7-19(18)15-23(22)31/h1-15,31H,16H2. The number of phenols is 1. The second-order valence-electron chi connectivity index (χ2n) is 7.41. The molecule has 5 rings (SSSR count). The van der Waals surface area contributed by atoms with Crippen LogP contribution in [0.1, 0.15) is 10.4 Å². The predicted octanol–water partition coefficient (Wildman–Crippen LogP) is 6.42. The molecule has 33 heavy (non-hydrogen) atoms. The van der Waals surface area contributed by atoms with Crippen LogP contribution in [0.3, 0.4) is 0 Å². The van der Waals surface area contributed by atoms with Crippen molar-refractivity contribution in [1.82, 2.24) is 14.8 Å². The Morgan fingerprint density at radius 1 is 0.879 bits per heavy atom. The summed E-state index contributed by atoms with van der Waals surface area (Å²) >= 11 is 7.23. The van der Waals surface area contributed by atoms with E-state index in [2.05, 4.69) is 10.2 Å². The molecular weight excluding hydrogens is 454 g/mol. The van der Waals surface area contributed by atoms with Gasteiger partial charge in [0.25, 0.3) is 0 Å². The maximum Gasteiger partial charge on any atom is 0.196 e. The van der Waals surface area contributed by atoms with Gasteiger partial charge in [-0.2, -0.15) is 0 Å². The van der Waals surface area contributed by atoms with E-state index < -0.39 is 0 Å². The van der Waals surface area contributed by atoms with Gasteiger partial charge in [0.2, 0.25) is 0 Å². The summed E-state index contributed by atoms with van der Waals surface area (Å²) in [6.45, 7) is 0. The van der Waals surface area contributed by atoms with Crippen molar-refractivity contribution in [3.05, 3.63) is 102 Å². The van der Waals surface area contributed by atoms with Crippen LogP contribution in [0.5, 0.6) is 5.75 Å². The fraction of sp³-hybridized carbons (Fsp3) is 0.0385. The number of carbonyl (C=O) groups is 1. The Labute approximate surface area is 199 Å². The maximum absolute atomic E-state index is 12.7. The second-order valence-corrected chi connectivity index (χ2v) is 8.79. The third kappa shape index (κ3) is 4.35. The summed E-state index contributed by atoms with van der Waals surface area (Å²) in [5.41, 5.74) is 2.00. The van der Waals surface area contributed by atoms with E-state index >= 15 is 0 Å². The van der Waals surface area contributed by atoms with Crippen LogP contribution in [0.4, 0.5) is 0 Å². The van der Waals surface area contributed by atoms with E-state index in [1.807, 2.05) is 65.2 Å². The van der Waals surface area contributed by atoms with Crippen molar-refractivity contribution in [2.24, 2.45) is 0 Å². The van der Waals surface area contributed by atoms with Crippen LogP contribution < -0.4 is 0 Å². The summed E-state index contributed by atoms with van der Waals surface area (Å²) in [6, 6.07) is 27.9. The number of aromatic hydroxyl groups is 1. The normalized spacial score (nSPS) is 11.1. The number of benzene rings is 4. The molecule has 5 nitrogen and oxygen atoms in total. The van der Waals surface area contributed by atoms with E-state index in [0.717, 1.165) is 16.5 Å². The van der Waals surface area contributed by atoms with Gasteiger partial charge in [0, 0.05) is 16.3 Å². The van der Waals surface area contributed by atoms with Crippen molar-refractivity contribution in [3.63, 3.8) is 0 Å². The van der Waals surface area contributed by atoms with Crippen molar-refractivity contribution in [3.8, 4) is 22.8 Å². The van der Waals surface area contributed by atoms with Gasteiger partial charge in [-0.15, -0.1) is 10.2 Å². The zero-order valence-corrected chi connectivity index (χ0v) is 18.9. The smallest absolute Gasteiger partial charge is 0.196 e. The molecule has 1 heterocycles. The quantitative estimate of drug-likeness (QED) is 0.228. The lowest BCUT2D eigenvalue weighted by molar-refractivity contribution is 0.102. The van der Waals surface area contributed by atoms with Crippen LogP contribution in [0.25, 0.3) is 27.8 Å². The molecule has 0 atom stereocenters. The lowest BCUT2D eigenvalue weighted by Gasteiger charge is -2.12. The highest BCUT2D eigenvalue weighted by Gasteiger charge is 2.20. The maximum atomic E-state index is 12.7. The van der Waals surface area contributed by atoms with Crippen LogP contribution in [0.15, 0.2) is 96.2 Å². The van der Waals surface area contributed by atoms with E-state index in [9.17, 15) is 9.90 Å². The lowest BCUT2D eigenvalue weighted by atomic mass is 10.1. The van der Waals surface area contributed by atoms with E-state index in [4.69, 9.17) is 11.6 Å². The molecule has 0 unspecified atom stereocenters. The minimum atomic E-state index is -0.0330. The molecular formula is C26H18ClN3O2S. The zero-order valence-electron chi connectivity index (χ0n) is 17.4. The number of halogens is 1. The van der Waals surface area contributed by atoms with Crippen LogP contribution in [-0.2, 0) is 0 Å². The van der Waals surface area contributed by atoms with Gasteiger partial charge < -0.3 is 5.11 Å². The van der Waals surface area contributed by atoms with Crippen LogP contribution in [0, 0.1) is 0 Å². The van der Waals surface area contributed by atoms with Gasteiger partial charge >= 0.3 is 0 Å². The average Bonchev–Trinajstić information content (AvgIpc) is 3.26. The molecule has 0 aliphatic heterocycles. The third-order valence-corrected chi connectivity index (χ3v) is 6.43. The average molecular weight is 472 g/mol. The van der Waals surface area contributed by atoms with Crippen molar-refractivity contribution >= 4 is 39.9 Å². The first-order valence-electron chi connectivity index (χ1n) is 10.2. The van der Waals surface area contributed by atoms with E-state index in [1.54, 1.807) is 30.3 Å². The minimum absolute atomic E-state index is 0.0330. The summed E-state index contributed by atoms with van der Waals surface area (Å²) in [6.07, 6.45) is 0. The Kier molecular flexibility index (Phi) is 5.86. The molecule has 0 radical (unpaired) electrons. The second kappa shape index (κ2) is 9.10. The number of para-hydroxylation sites is 1. The lowest BCUT2D eigenvalue weighted by Crippen LogP contribution is -2.05. The van der Waals surface area contributed by atoms with E-state index in [0.29, 0.717) is 27.1 Å². The van der Waals surface area contributed by atoms with E-state index in [1.165, 1.54) is 11.8 Å². The number of aromatic nitrogens is 3. The third-order valence-electron chi connectivity index (χ3n) is 5.25. The number of rotatable bonds is 6. The van der Waals surface area contributed by atoms with Gasteiger partial charge in [-0.3, -0.25) is 9.36 Å². The number of hydrogen-bond donors (Lipinski definition) is 1. The highest BCUT2D eigenvalue weighted by atomic mass is 35.5. The van der Waals surface area contributed by atoms with Gasteiger partial charge in [0.1, 0.15) is 5.75 Å². The van der Waals surface area contributed by atoms with Gasteiger partial charge in [0.05, 0.1) is 11.3 Å². The number of nitrogens with zero attached hydrogens (tertiary/aromatic N) is 3. The number of carbonyl (C=O) groups excluding carboxylic acids is 1. The predicted molar refractivity (Wildman–Crippen MR) is 132 cm³/mol. The minimum Gasteiger partial charge on any atom is -0.507 e. The Morgan fingerprint density at radius 2 is 1.55 bits per heavy atom. The van der Waals surface area contributed by atoms with Gasteiger partial charge in [-0.1, -0.05) is 65.8 Å². The Balaban J connectivity index is 1.54. The molecule has 0 bridgehead atoms. The molecule has 0 aliphatic carbocycles. The molecule has 1 N–H and O–H groups in total.